The highest BCUT2D eigenvalue weighted by Crippen LogP contribution is 2.29. The van der Waals surface area contributed by atoms with Crippen LogP contribution in [0.2, 0.25) is 0 Å². The number of rotatable bonds is 4. The van der Waals surface area contributed by atoms with Gasteiger partial charge in [-0.15, -0.1) is 6.58 Å². The molecule has 0 saturated carbocycles. The van der Waals surface area contributed by atoms with Crippen molar-refractivity contribution in [2.75, 3.05) is 13.7 Å². The van der Waals surface area contributed by atoms with E-state index in [0.29, 0.717) is 0 Å². The molecule has 0 bridgehead atoms. The van der Waals surface area contributed by atoms with Crippen LogP contribution in [0.4, 0.5) is 4.79 Å². The maximum absolute atomic E-state index is 12.3. The number of fused-ring (bicyclic) bond motifs is 1. The van der Waals surface area contributed by atoms with Gasteiger partial charge in [-0.25, -0.2) is 4.79 Å². The van der Waals surface area contributed by atoms with Gasteiger partial charge in [0.1, 0.15) is 11.4 Å². The predicted octanol–water partition coefficient (Wildman–Crippen LogP) is 2.93. The Balaban J connectivity index is 2.07. The summed E-state index contributed by atoms with van der Waals surface area (Å²) in [4.78, 5) is 25.2. The summed E-state index contributed by atoms with van der Waals surface area (Å²) in [5.74, 6) is 0.410. The Labute approximate surface area is 133 Å². The number of urea groups is 1. The summed E-state index contributed by atoms with van der Waals surface area (Å²) in [6.45, 7) is 3.74. The van der Waals surface area contributed by atoms with Gasteiger partial charge in [0.25, 0.3) is 5.91 Å². The van der Waals surface area contributed by atoms with Gasteiger partial charge >= 0.3 is 6.03 Å². The van der Waals surface area contributed by atoms with E-state index in [1.165, 1.54) is 6.08 Å². The molecule has 0 aromatic heterocycles. The topological polar surface area (TPSA) is 58.6 Å². The zero-order valence-electron chi connectivity index (χ0n) is 12.7. The van der Waals surface area contributed by atoms with Gasteiger partial charge in [-0.1, -0.05) is 36.4 Å². The summed E-state index contributed by atoms with van der Waals surface area (Å²) in [6.07, 6.45) is 3.20. The normalized spacial score (nSPS) is 16.0. The molecule has 0 radical (unpaired) electrons. The molecule has 0 unspecified atom stereocenters. The summed E-state index contributed by atoms with van der Waals surface area (Å²) < 4.78 is 5.36. The number of methoxy groups -OCH3 is 1. The summed E-state index contributed by atoms with van der Waals surface area (Å²) >= 11 is 0. The molecule has 1 heterocycles. The first-order valence-corrected chi connectivity index (χ1v) is 7.17. The van der Waals surface area contributed by atoms with E-state index in [2.05, 4.69) is 11.9 Å². The summed E-state index contributed by atoms with van der Waals surface area (Å²) in [6, 6.07) is 11.0. The van der Waals surface area contributed by atoms with E-state index >= 15 is 0 Å². The van der Waals surface area contributed by atoms with E-state index in [1.807, 2.05) is 36.4 Å². The molecule has 116 valence electrons. The van der Waals surface area contributed by atoms with Crippen molar-refractivity contribution in [3.8, 4) is 5.75 Å². The summed E-state index contributed by atoms with van der Waals surface area (Å²) in [7, 11) is 1.62. The minimum absolute atomic E-state index is 0.186. The third-order valence-electron chi connectivity index (χ3n) is 3.71. The highest BCUT2D eigenvalue weighted by Gasteiger charge is 2.32. The van der Waals surface area contributed by atoms with Gasteiger partial charge in [0, 0.05) is 11.9 Å². The minimum atomic E-state index is -0.432. The lowest BCUT2D eigenvalue weighted by molar-refractivity contribution is -0.122. The Kier molecular flexibility index (Phi) is 3.85. The van der Waals surface area contributed by atoms with Gasteiger partial charge in [-0.2, -0.15) is 0 Å². The van der Waals surface area contributed by atoms with Gasteiger partial charge in [0.2, 0.25) is 0 Å². The molecule has 5 nitrogen and oxygen atoms in total. The second-order valence-corrected chi connectivity index (χ2v) is 5.10. The van der Waals surface area contributed by atoms with E-state index < -0.39 is 6.03 Å². The Morgan fingerprint density at radius 1 is 1.17 bits per heavy atom. The summed E-state index contributed by atoms with van der Waals surface area (Å²) in [5, 5.41) is 4.50. The van der Waals surface area contributed by atoms with Crippen molar-refractivity contribution in [3.63, 3.8) is 0 Å². The van der Waals surface area contributed by atoms with Crippen LogP contribution in [0.15, 0.2) is 54.8 Å². The fourth-order valence-electron chi connectivity index (χ4n) is 2.62. The maximum Gasteiger partial charge on any atom is 0.329 e. The smallest absolute Gasteiger partial charge is 0.329 e. The molecule has 2 aromatic carbocycles. The average molecular weight is 308 g/mol. The zero-order valence-corrected chi connectivity index (χ0v) is 12.7. The van der Waals surface area contributed by atoms with Gasteiger partial charge in [-0.05, 0) is 23.1 Å². The lowest BCUT2D eigenvalue weighted by Crippen LogP contribution is -2.30. The van der Waals surface area contributed by atoms with Gasteiger partial charge in [0.15, 0.2) is 0 Å². The van der Waals surface area contributed by atoms with Crippen LogP contribution in [0, 0.1) is 0 Å². The third-order valence-corrected chi connectivity index (χ3v) is 3.71. The monoisotopic (exact) mass is 308 g/mol. The Bertz CT molecular complexity index is 839. The molecule has 23 heavy (non-hydrogen) atoms. The quantitative estimate of drug-likeness (QED) is 0.537. The number of benzene rings is 2. The van der Waals surface area contributed by atoms with E-state index in [9.17, 15) is 9.59 Å². The predicted molar refractivity (Wildman–Crippen MR) is 88.9 cm³/mol. The van der Waals surface area contributed by atoms with Crippen molar-refractivity contribution in [2.24, 2.45) is 0 Å². The van der Waals surface area contributed by atoms with Crippen molar-refractivity contribution < 1.29 is 14.3 Å². The highest BCUT2D eigenvalue weighted by atomic mass is 16.5. The fourth-order valence-corrected chi connectivity index (χ4v) is 2.62. The number of nitrogens with one attached hydrogen (secondary N) is 1. The number of carbonyl (C=O) groups excluding carboxylic acids is 2. The largest absolute Gasteiger partial charge is 0.496 e. The molecule has 5 heteroatoms. The molecule has 2 aromatic rings. The van der Waals surface area contributed by atoms with E-state index in [4.69, 9.17) is 4.74 Å². The van der Waals surface area contributed by atoms with Crippen molar-refractivity contribution in [3.05, 3.63) is 60.3 Å². The van der Waals surface area contributed by atoms with Crippen LogP contribution in [-0.4, -0.2) is 30.5 Å². The van der Waals surface area contributed by atoms with Crippen LogP contribution < -0.4 is 10.1 Å². The Morgan fingerprint density at radius 3 is 2.61 bits per heavy atom. The van der Waals surface area contributed by atoms with Crippen LogP contribution in [0.1, 0.15) is 5.56 Å². The van der Waals surface area contributed by atoms with Crippen molar-refractivity contribution in [1.82, 2.24) is 10.2 Å². The molecule has 3 rings (SSSR count). The van der Waals surface area contributed by atoms with Crippen LogP contribution >= 0.6 is 0 Å². The number of amides is 3. The zero-order chi connectivity index (χ0) is 16.4. The Morgan fingerprint density at radius 2 is 1.91 bits per heavy atom. The van der Waals surface area contributed by atoms with E-state index in [-0.39, 0.29) is 18.1 Å². The molecular weight excluding hydrogens is 292 g/mol. The molecule has 1 fully saturated rings. The molecule has 0 atom stereocenters. The molecule has 1 aliphatic rings. The Hall–Kier alpha value is -3.08. The van der Waals surface area contributed by atoms with Gasteiger partial charge < -0.3 is 10.1 Å². The molecule has 1 aliphatic heterocycles. The standard InChI is InChI=1S/C18H16N2O3/c1-3-10-20-17(21)15(19-18(20)22)11-12-8-9-16(23-2)14-7-5-4-6-13(12)14/h3-9,11H,1,10H2,2H3,(H,19,22)/b15-11+. The average Bonchev–Trinajstić information content (AvgIpc) is 2.83. The third kappa shape index (κ3) is 2.57. The highest BCUT2D eigenvalue weighted by molar-refractivity contribution is 6.14. The molecule has 0 spiro atoms. The van der Waals surface area contributed by atoms with Crippen LogP contribution in [-0.2, 0) is 4.79 Å². The van der Waals surface area contributed by atoms with E-state index in [1.54, 1.807) is 13.2 Å². The van der Waals surface area contributed by atoms with Crippen molar-refractivity contribution >= 4 is 28.8 Å². The molecule has 1 N–H and O–H groups in total. The second-order valence-electron chi connectivity index (χ2n) is 5.10. The number of nitrogens with zero attached hydrogens (tertiary/aromatic N) is 1. The fraction of sp³-hybridized carbons (Fsp3) is 0.111. The minimum Gasteiger partial charge on any atom is -0.496 e. The second kappa shape index (κ2) is 5.96. The molecule has 1 saturated heterocycles. The lowest BCUT2D eigenvalue weighted by atomic mass is 10.0. The number of hydrogen-bond acceptors (Lipinski definition) is 3. The first-order chi connectivity index (χ1) is 11.2. The number of ether oxygens (including phenoxy) is 1. The van der Waals surface area contributed by atoms with Crippen LogP contribution in [0.3, 0.4) is 0 Å². The van der Waals surface area contributed by atoms with Crippen LogP contribution in [0.25, 0.3) is 16.8 Å². The van der Waals surface area contributed by atoms with E-state index in [0.717, 1.165) is 27.0 Å². The number of hydrogen-bond donors (Lipinski definition) is 1. The first kappa shape index (κ1) is 14.8. The molecule has 0 aliphatic carbocycles. The maximum atomic E-state index is 12.3. The molecule has 3 amide bonds. The number of carbonyl (C=O) groups is 2. The van der Waals surface area contributed by atoms with Crippen molar-refractivity contribution in [1.29, 1.82) is 0 Å². The first-order valence-electron chi connectivity index (χ1n) is 7.17. The lowest BCUT2D eigenvalue weighted by Gasteiger charge is -2.08. The van der Waals surface area contributed by atoms with Crippen LogP contribution in [0.5, 0.6) is 5.75 Å². The SMILES string of the molecule is C=CCN1C(=O)N/C(=C/c2ccc(OC)c3ccccc23)C1=O. The van der Waals surface area contributed by atoms with Gasteiger partial charge in [-0.3, -0.25) is 9.69 Å². The number of imide groups is 1. The van der Waals surface area contributed by atoms with Gasteiger partial charge in [0.05, 0.1) is 7.11 Å². The molecular formula is C18H16N2O3. The summed E-state index contributed by atoms with van der Waals surface area (Å²) in [5.41, 5.74) is 1.10. The van der Waals surface area contributed by atoms with Crippen molar-refractivity contribution in [2.45, 2.75) is 0 Å².